The zero-order chi connectivity index (χ0) is 16.2. The summed E-state index contributed by atoms with van der Waals surface area (Å²) in [6.07, 6.45) is -2.02. The maximum atomic E-state index is 13.1. The molecule has 23 heavy (non-hydrogen) atoms. The number of halogens is 3. The Labute approximate surface area is 137 Å². The third-order valence-corrected chi connectivity index (χ3v) is 5.61. The van der Waals surface area contributed by atoms with E-state index >= 15 is 0 Å². The number of hydrogen-bond donors (Lipinski definition) is 0. The fourth-order valence-electron chi connectivity index (χ4n) is 3.62. The Morgan fingerprint density at radius 2 is 2.00 bits per heavy atom. The van der Waals surface area contributed by atoms with Gasteiger partial charge in [0.1, 0.15) is 6.17 Å². The number of thiophene rings is 1. The van der Waals surface area contributed by atoms with Crippen molar-refractivity contribution in [3.8, 4) is 0 Å². The summed E-state index contributed by atoms with van der Waals surface area (Å²) in [6.45, 7) is 3.65. The van der Waals surface area contributed by atoms with E-state index in [1.807, 2.05) is 0 Å². The summed E-state index contributed by atoms with van der Waals surface area (Å²) in [5.74, 6) is 0. The van der Waals surface area contributed by atoms with Crippen molar-refractivity contribution < 1.29 is 13.2 Å². The molecule has 2 aliphatic heterocycles. The van der Waals surface area contributed by atoms with E-state index in [0.717, 1.165) is 30.8 Å². The maximum Gasteiger partial charge on any atom is 0.416 e. The van der Waals surface area contributed by atoms with Crippen LogP contribution in [-0.4, -0.2) is 12.7 Å². The largest absolute Gasteiger partial charge is 0.416 e. The summed E-state index contributed by atoms with van der Waals surface area (Å²) in [4.78, 5) is 6.81. The summed E-state index contributed by atoms with van der Waals surface area (Å²) in [5, 5.41) is 0. The van der Waals surface area contributed by atoms with Crippen LogP contribution in [0.2, 0.25) is 0 Å². The highest BCUT2D eigenvalue weighted by atomic mass is 32.1. The Morgan fingerprint density at radius 1 is 1.17 bits per heavy atom. The molecular formula is C17H17F3N2S. The molecule has 0 radical (unpaired) electrons. The third kappa shape index (κ3) is 2.49. The number of hydrogen-bond acceptors (Lipinski definition) is 3. The molecule has 1 fully saturated rings. The van der Waals surface area contributed by atoms with Crippen molar-refractivity contribution >= 4 is 22.7 Å². The van der Waals surface area contributed by atoms with Crippen LogP contribution < -0.4 is 9.80 Å². The van der Waals surface area contributed by atoms with E-state index < -0.39 is 11.7 Å². The van der Waals surface area contributed by atoms with Gasteiger partial charge in [0.25, 0.3) is 0 Å². The van der Waals surface area contributed by atoms with Gasteiger partial charge in [0.05, 0.1) is 23.5 Å². The average Bonchev–Trinajstić information content (AvgIpc) is 3.16. The Kier molecular flexibility index (Phi) is 3.34. The van der Waals surface area contributed by atoms with Crippen LogP contribution in [0.1, 0.15) is 28.2 Å². The maximum absolute atomic E-state index is 13.1. The first-order valence-corrected chi connectivity index (χ1v) is 8.55. The van der Waals surface area contributed by atoms with Gasteiger partial charge >= 0.3 is 6.18 Å². The molecule has 3 heterocycles. The van der Waals surface area contributed by atoms with E-state index in [0.29, 0.717) is 6.54 Å². The van der Waals surface area contributed by atoms with E-state index in [4.69, 9.17) is 0 Å². The molecule has 6 heteroatoms. The number of benzene rings is 1. The van der Waals surface area contributed by atoms with Crippen molar-refractivity contribution in [1.82, 2.24) is 0 Å². The van der Waals surface area contributed by atoms with Crippen LogP contribution in [0.25, 0.3) is 0 Å². The highest BCUT2D eigenvalue weighted by Crippen LogP contribution is 2.47. The standard InChI is InChI=1S/C17H17F3N2S/c1-11-4-6-13(23-11)10-22-15-9-12(17(18,19)20)5-7-14(15)21-8-2-3-16(21)22/h4-7,9,16H,2-3,8,10H2,1H3. The van der Waals surface area contributed by atoms with E-state index in [1.54, 1.807) is 17.4 Å². The smallest absolute Gasteiger partial charge is 0.349 e. The third-order valence-electron chi connectivity index (χ3n) is 4.62. The molecule has 2 aliphatic rings. The Hall–Kier alpha value is -1.69. The fourth-order valence-corrected chi connectivity index (χ4v) is 4.51. The number of fused-ring (bicyclic) bond motifs is 3. The Balaban J connectivity index is 1.74. The lowest BCUT2D eigenvalue weighted by Crippen LogP contribution is -2.38. The van der Waals surface area contributed by atoms with Crippen molar-refractivity contribution in [2.75, 3.05) is 16.3 Å². The molecule has 4 rings (SSSR count). The normalized spacial score (nSPS) is 20.1. The topological polar surface area (TPSA) is 6.48 Å². The minimum Gasteiger partial charge on any atom is -0.349 e. The van der Waals surface area contributed by atoms with Gasteiger partial charge in [-0.05, 0) is 50.1 Å². The average molecular weight is 338 g/mol. The van der Waals surface area contributed by atoms with Gasteiger partial charge in [0.15, 0.2) is 0 Å². The molecule has 2 nitrogen and oxygen atoms in total. The fraction of sp³-hybridized carbons (Fsp3) is 0.412. The predicted octanol–water partition coefficient (Wildman–Crippen LogP) is 5.02. The zero-order valence-electron chi connectivity index (χ0n) is 12.7. The molecule has 122 valence electrons. The van der Waals surface area contributed by atoms with Gasteiger partial charge in [0.2, 0.25) is 0 Å². The van der Waals surface area contributed by atoms with Gasteiger partial charge in [-0.25, -0.2) is 0 Å². The Bertz CT molecular complexity index is 738. The van der Waals surface area contributed by atoms with Crippen molar-refractivity contribution in [3.05, 3.63) is 45.6 Å². The lowest BCUT2D eigenvalue weighted by Gasteiger charge is -2.27. The summed E-state index contributed by atoms with van der Waals surface area (Å²) in [6, 6.07) is 8.29. The van der Waals surface area contributed by atoms with Crippen molar-refractivity contribution in [2.24, 2.45) is 0 Å². The SMILES string of the molecule is Cc1ccc(CN2c3cc(C(F)(F)F)ccc3N3CCCC32)s1. The molecule has 1 atom stereocenters. The van der Waals surface area contributed by atoms with Crippen LogP contribution in [0.15, 0.2) is 30.3 Å². The lowest BCUT2D eigenvalue weighted by molar-refractivity contribution is -0.137. The monoisotopic (exact) mass is 338 g/mol. The molecule has 1 aromatic heterocycles. The molecule has 0 spiro atoms. The molecule has 1 saturated heterocycles. The highest BCUT2D eigenvalue weighted by molar-refractivity contribution is 7.11. The van der Waals surface area contributed by atoms with Gasteiger partial charge in [-0.15, -0.1) is 11.3 Å². The molecule has 1 aromatic carbocycles. The molecule has 0 bridgehead atoms. The number of anilines is 2. The van der Waals surface area contributed by atoms with E-state index in [1.165, 1.54) is 21.9 Å². The van der Waals surface area contributed by atoms with Gasteiger partial charge < -0.3 is 9.80 Å². The first-order chi connectivity index (χ1) is 10.9. The number of alkyl halides is 3. The van der Waals surface area contributed by atoms with E-state index in [9.17, 15) is 13.2 Å². The molecule has 2 aromatic rings. The van der Waals surface area contributed by atoms with Gasteiger partial charge in [0, 0.05) is 16.3 Å². The summed E-state index contributed by atoms with van der Waals surface area (Å²) >= 11 is 1.71. The second-order valence-corrected chi connectivity index (χ2v) is 7.53. The van der Waals surface area contributed by atoms with Crippen LogP contribution in [0.3, 0.4) is 0 Å². The molecule has 0 aliphatic carbocycles. The predicted molar refractivity (Wildman–Crippen MR) is 87.1 cm³/mol. The first-order valence-electron chi connectivity index (χ1n) is 7.73. The van der Waals surface area contributed by atoms with Crippen LogP contribution in [-0.2, 0) is 12.7 Å². The van der Waals surface area contributed by atoms with Crippen molar-refractivity contribution in [1.29, 1.82) is 0 Å². The number of aryl methyl sites for hydroxylation is 1. The Morgan fingerprint density at radius 3 is 2.70 bits per heavy atom. The van der Waals surface area contributed by atoms with Crippen LogP contribution in [0.5, 0.6) is 0 Å². The summed E-state index contributed by atoms with van der Waals surface area (Å²) in [5.41, 5.74) is 1.09. The quantitative estimate of drug-likeness (QED) is 0.758. The second-order valence-electron chi connectivity index (χ2n) is 6.16. The molecular weight excluding hydrogens is 321 g/mol. The van der Waals surface area contributed by atoms with Gasteiger partial charge in [-0.1, -0.05) is 0 Å². The second kappa shape index (κ2) is 5.16. The molecule has 0 N–H and O–H groups in total. The van der Waals surface area contributed by atoms with Gasteiger partial charge in [-0.2, -0.15) is 13.2 Å². The van der Waals surface area contributed by atoms with Crippen molar-refractivity contribution in [3.63, 3.8) is 0 Å². The lowest BCUT2D eigenvalue weighted by atomic mass is 10.1. The summed E-state index contributed by atoms with van der Waals surface area (Å²) in [7, 11) is 0. The molecule has 0 saturated carbocycles. The first kappa shape index (κ1) is 14.9. The van der Waals surface area contributed by atoms with E-state index in [2.05, 4.69) is 28.9 Å². The minimum atomic E-state index is -4.30. The number of rotatable bonds is 2. The van der Waals surface area contributed by atoms with Crippen LogP contribution in [0, 0.1) is 6.92 Å². The minimum absolute atomic E-state index is 0.191. The molecule has 1 unspecified atom stereocenters. The van der Waals surface area contributed by atoms with Crippen LogP contribution >= 0.6 is 11.3 Å². The summed E-state index contributed by atoms with van der Waals surface area (Å²) < 4.78 is 39.2. The van der Waals surface area contributed by atoms with Gasteiger partial charge in [-0.3, -0.25) is 0 Å². The highest BCUT2D eigenvalue weighted by Gasteiger charge is 2.41. The number of nitrogens with zero attached hydrogens (tertiary/aromatic N) is 2. The molecule has 0 amide bonds. The van der Waals surface area contributed by atoms with E-state index in [-0.39, 0.29) is 6.17 Å². The van der Waals surface area contributed by atoms with Crippen LogP contribution in [0.4, 0.5) is 24.5 Å². The zero-order valence-corrected chi connectivity index (χ0v) is 13.5. The van der Waals surface area contributed by atoms with Crippen molar-refractivity contribution in [2.45, 2.75) is 38.7 Å².